The molecular weight excluding hydrogens is 458 g/mol. The Morgan fingerprint density at radius 2 is 2.03 bits per heavy atom. The maximum atomic E-state index is 12.9. The highest BCUT2D eigenvalue weighted by atomic mass is 32.1. The highest BCUT2D eigenvalue weighted by Crippen LogP contribution is 2.39. The lowest BCUT2D eigenvalue weighted by atomic mass is 9.82. The summed E-state index contributed by atoms with van der Waals surface area (Å²) in [6, 6.07) is 15.6. The van der Waals surface area contributed by atoms with Gasteiger partial charge in [0.1, 0.15) is 5.69 Å². The molecule has 1 fully saturated rings. The van der Waals surface area contributed by atoms with E-state index in [1.165, 1.54) is 4.88 Å². The third-order valence-corrected chi connectivity index (χ3v) is 7.75. The minimum Gasteiger partial charge on any atom is -0.462 e. The van der Waals surface area contributed by atoms with E-state index in [1.807, 2.05) is 49.4 Å². The van der Waals surface area contributed by atoms with E-state index in [4.69, 9.17) is 9.72 Å². The molecule has 1 aliphatic carbocycles. The number of hydrogen-bond donors (Lipinski definition) is 0. The number of esters is 1. The fourth-order valence-corrected chi connectivity index (χ4v) is 5.93. The number of fused-ring (bicyclic) bond motifs is 1. The molecule has 1 saturated carbocycles. The van der Waals surface area contributed by atoms with Crippen LogP contribution in [-0.4, -0.2) is 32.9 Å². The summed E-state index contributed by atoms with van der Waals surface area (Å²) in [5, 5.41) is 0. The Labute approximate surface area is 209 Å². The van der Waals surface area contributed by atoms with Crippen LogP contribution in [0.15, 0.2) is 54.7 Å². The maximum Gasteiger partial charge on any atom is 0.338 e. The molecule has 1 aliphatic rings. The number of nitrogens with zero attached hydrogens (tertiary/aromatic N) is 3. The summed E-state index contributed by atoms with van der Waals surface area (Å²) < 4.78 is 7.46. The van der Waals surface area contributed by atoms with Crippen LogP contribution >= 0.6 is 11.3 Å². The molecule has 0 amide bonds. The number of thiophene rings is 1. The standard InChI is InChI=1S/C28H29N3O3S/c1-3-34-28(33)20-11-12-24-23(17-20)30-27(22-9-4-5-14-29-22)31(24)21-8-6-7-19(15-21)16-25(32)26-13-10-18(2)35-26/h4-5,9-14,17,19,21H,3,6-8,15-16H2,1-2H3/t19-,21+/m1/s1. The van der Waals surface area contributed by atoms with Crippen LogP contribution < -0.4 is 0 Å². The van der Waals surface area contributed by atoms with Gasteiger partial charge in [-0.05, 0) is 81.5 Å². The number of aryl methyl sites for hydroxylation is 1. The van der Waals surface area contributed by atoms with Gasteiger partial charge in [-0.3, -0.25) is 9.78 Å². The van der Waals surface area contributed by atoms with E-state index in [-0.39, 0.29) is 17.8 Å². The van der Waals surface area contributed by atoms with Crippen LogP contribution in [0.25, 0.3) is 22.6 Å². The van der Waals surface area contributed by atoms with Gasteiger partial charge in [-0.1, -0.05) is 12.5 Å². The van der Waals surface area contributed by atoms with E-state index in [0.717, 1.165) is 53.1 Å². The molecule has 180 valence electrons. The molecule has 5 rings (SSSR count). The van der Waals surface area contributed by atoms with E-state index in [2.05, 4.69) is 9.55 Å². The molecule has 3 heterocycles. The second-order valence-corrected chi connectivity index (χ2v) is 10.5. The summed E-state index contributed by atoms with van der Waals surface area (Å²) in [5.74, 6) is 1.03. The summed E-state index contributed by atoms with van der Waals surface area (Å²) in [4.78, 5) is 36.7. The van der Waals surface area contributed by atoms with Crippen molar-refractivity contribution in [2.45, 2.75) is 52.0 Å². The van der Waals surface area contributed by atoms with Gasteiger partial charge in [0, 0.05) is 23.5 Å². The van der Waals surface area contributed by atoms with Crippen molar-refractivity contribution in [1.82, 2.24) is 14.5 Å². The van der Waals surface area contributed by atoms with Gasteiger partial charge in [0.05, 0.1) is 28.1 Å². The van der Waals surface area contributed by atoms with Gasteiger partial charge < -0.3 is 9.30 Å². The number of Topliss-reactive ketones (excluding diaryl/α,β-unsaturated/α-hetero) is 1. The quantitative estimate of drug-likeness (QED) is 0.216. The maximum absolute atomic E-state index is 12.9. The Balaban J connectivity index is 1.48. The number of carbonyl (C=O) groups is 2. The van der Waals surface area contributed by atoms with E-state index in [1.54, 1.807) is 30.5 Å². The number of carbonyl (C=O) groups excluding carboxylic acids is 2. The molecule has 0 N–H and O–H groups in total. The topological polar surface area (TPSA) is 74.1 Å². The van der Waals surface area contributed by atoms with Gasteiger partial charge >= 0.3 is 5.97 Å². The molecule has 0 bridgehead atoms. The number of benzene rings is 1. The molecule has 2 atom stereocenters. The number of ketones is 1. The zero-order valence-electron chi connectivity index (χ0n) is 20.1. The Morgan fingerprint density at radius 1 is 1.14 bits per heavy atom. The fourth-order valence-electron chi connectivity index (χ4n) is 5.12. The zero-order valence-corrected chi connectivity index (χ0v) is 20.9. The highest BCUT2D eigenvalue weighted by Gasteiger charge is 2.29. The van der Waals surface area contributed by atoms with Crippen molar-refractivity contribution in [1.29, 1.82) is 0 Å². The first kappa shape index (κ1) is 23.4. The highest BCUT2D eigenvalue weighted by molar-refractivity contribution is 7.14. The molecule has 6 nitrogen and oxygen atoms in total. The number of rotatable bonds is 7. The zero-order chi connectivity index (χ0) is 24.4. The number of aromatic nitrogens is 3. The summed E-state index contributed by atoms with van der Waals surface area (Å²) in [6.07, 6.45) is 6.41. The van der Waals surface area contributed by atoms with Crippen LogP contribution in [0.2, 0.25) is 0 Å². The Kier molecular flexibility index (Phi) is 6.77. The van der Waals surface area contributed by atoms with E-state index in [9.17, 15) is 9.59 Å². The average Bonchev–Trinajstić information content (AvgIpc) is 3.48. The molecule has 4 aromatic rings. The minimum absolute atomic E-state index is 0.210. The third-order valence-electron chi connectivity index (χ3n) is 6.70. The van der Waals surface area contributed by atoms with Crippen molar-refractivity contribution < 1.29 is 14.3 Å². The molecule has 7 heteroatoms. The lowest BCUT2D eigenvalue weighted by molar-refractivity contribution is 0.0526. The van der Waals surface area contributed by atoms with Gasteiger partial charge in [0.15, 0.2) is 11.6 Å². The molecule has 3 aromatic heterocycles. The molecule has 0 spiro atoms. The summed E-state index contributed by atoms with van der Waals surface area (Å²) in [5.41, 5.74) is 3.02. The Morgan fingerprint density at radius 3 is 2.77 bits per heavy atom. The van der Waals surface area contributed by atoms with Crippen molar-refractivity contribution in [3.05, 3.63) is 70.0 Å². The van der Waals surface area contributed by atoms with E-state index < -0.39 is 0 Å². The first-order valence-electron chi connectivity index (χ1n) is 12.2. The summed E-state index contributed by atoms with van der Waals surface area (Å²) in [6.45, 7) is 4.17. The van der Waals surface area contributed by atoms with Crippen LogP contribution in [0.1, 0.15) is 70.0 Å². The lowest BCUT2D eigenvalue weighted by Gasteiger charge is -2.31. The second-order valence-electron chi connectivity index (χ2n) is 9.17. The molecular formula is C28H29N3O3S. The summed E-state index contributed by atoms with van der Waals surface area (Å²) >= 11 is 1.58. The molecule has 0 aliphatic heterocycles. The predicted molar refractivity (Wildman–Crippen MR) is 138 cm³/mol. The molecule has 0 unspecified atom stereocenters. The van der Waals surface area contributed by atoms with E-state index >= 15 is 0 Å². The number of hydrogen-bond acceptors (Lipinski definition) is 6. The fraction of sp³-hybridized carbons (Fsp3) is 0.357. The monoisotopic (exact) mass is 487 g/mol. The van der Waals surface area contributed by atoms with E-state index in [0.29, 0.717) is 24.5 Å². The third kappa shape index (κ3) is 4.91. The first-order chi connectivity index (χ1) is 17.0. The van der Waals surface area contributed by atoms with Gasteiger partial charge in [0.25, 0.3) is 0 Å². The van der Waals surface area contributed by atoms with Gasteiger partial charge in [-0.2, -0.15) is 0 Å². The van der Waals surface area contributed by atoms with Gasteiger partial charge in [-0.15, -0.1) is 11.3 Å². The van der Waals surface area contributed by atoms with Crippen LogP contribution in [-0.2, 0) is 4.74 Å². The van der Waals surface area contributed by atoms with Crippen molar-refractivity contribution in [2.24, 2.45) is 5.92 Å². The minimum atomic E-state index is -0.344. The largest absolute Gasteiger partial charge is 0.462 e. The van der Waals surface area contributed by atoms with Crippen LogP contribution in [0.5, 0.6) is 0 Å². The molecule has 35 heavy (non-hydrogen) atoms. The Hall–Kier alpha value is -3.32. The van der Waals surface area contributed by atoms with Crippen molar-refractivity contribution in [3.8, 4) is 11.5 Å². The van der Waals surface area contributed by atoms with Crippen molar-refractivity contribution in [2.75, 3.05) is 6.61 Å². The average molecular weight is 488 g/mol. The predicted octanol–water partition coefficient (Wildman–Crippen LogP) is 6.65. The SMILES string of the molecule is CCOC(=O)c1ccc2c(c1)nc(-c1ccccn1)n2[C@H]1CCC[C@@H](CC(=O)c2ccc(C)s2)C1. The Bertz CT molecular complexity index is 1360. The second kappa shape index (κ2) is 10.1. The van der Waals surface area contributed by atoms with Crippen LogP contribution in [0, 0.1) is 12.8 Å². The smallest absolute Gasteiger partial charge is 0.338 e. The number of imidazole rings is 1. The van der Waals surface area contributed by atoms with Crippen molar-refractivity contribution >= 4 is 34.1 Å². The lowest BCUT2D eigenvalue weighted by Crippen LogP contribution is -2.22. The molecule has 1 aromatic carbocycles. The molecule has 0 saturated heterocycles. The van der Waals surface area contributed by atoms with Crippen molar-refractivity contribution in [3.63, 3.8) is 0 Å². The number of pyridine rings is 1. The van der Waals surface area contributed by atoms with Gasteiger partial charge in [0.2, 0.25) is 0 Å². The van der Waals surface area contributed by atoms with Crippen LogP contribution in [0.3, 0.4) is 0 Å². The molecule has 0 radical (unpaired) electrons. The first-order valence-corrected chi connectivity index (χ1v) is 13.0. The van der Waals surface area contributed by atoms with Crippen LogP contribution in [0.4, 0.5) is 0 Å². The van der Waals surface area contributed by atoms with Gasteiger partial charge in [-0.25, -0.2) is 9.78 Å². The summed E-state index contributed by atoms with van der Waals surface area (Å²) in [7, 11) is 0. The normalized spacial score (nSPS) is 18.0. The number of ether oxygens (including phenoxy) is 1.